The lowest BCUT2D eigenvalue weighted by Crippen LogP contribution is -2.53. The van der Waals surface area contributed by atoms with E-state index >= 15 is 0 Å². The Morgan fingerprint density at radius 3 is 2.68 bits per heavy atom. The monoisotopic (exact) mass is 345 g/mol. The van der Waals surface area contributed by atoms with Crippen LogP contribution < -0.4 is 0 Å². The Bertz CT molecular complexity index is 801. The summed E-state index contributed by atoms with van der Waals surface area (Å²) in [6.07, 6.45) is -0.557. The van der Waals surface area contributed by atoms with Crippen molar-refractivity contribution in [3.05, 3.63) is 29.3 Å². The maximum Gasteiger partial charge on any atom is 0.243 e. The number of sulfone groups is 1. The van der Waals surface area contributed by atoms with Gasteiger partial charge in [-0.3, -0.25) is 0 Å². The molecule has 2 aliphatic heterocycles. The van der Waals surface area contributed by atoms with Crippen molar-refractivity contribution in [2.75, 3.05) is 24.7 Å². The molecular formula is C14H19NO5S2. The van der Waals surface area contributed by atoms with Gasteiger partial charge in [0.1, 0.15) is 0 Å². The van der Waals surface area contributed by atoms with Crippen molar-refractivity contribution in [3.63, 3.8) is 0 Å². The Kier molecular flexibility index (Phi) is 3.83. The Hall–Kier alpha value is -0.960. The number of fused-ring (bicyclic) bond motifs is 1. The summed E-state index contributed by atoms with van der Waals surface area (Å²) in [6.45, 7) is 3.99. The minimum absolute atomic E-state index is 0.101. The summed E-state index contributed by atoms with van der Waals surface area (Å²) in [5.41, 5.74) is 1.52. The third-order valence-corrected chi connectivity index (χ3v) is 7.97. The summed E-state index contributed by atoms with van der Waals surface area (Å²) >= 11 is 0. The lowest BCUT2D eigenvalue weighted by Gasteiger charge is -2.35. The maximum atomic E-state index is 13.0. The molecule has 2 atom stereocenters. The lowest BCUT2D eigenvalue weighted by molar-refractivity contribution is -0.0141. The number of benzene rings is 1. The van der Waals surface area contributed by atoms with Crippen LogP contribution >= 0.6 is 0 Å². The van der Waals surface area contributed by atoms with Crippen molar-refractivity contribution in [1.29, 1.82) is 0 Å². The number of hydrogen-bond donors (Lipinski definition) is 0. The second-order valence-corrected chi connectivity index (χ2v) is 9.95. The SMILES string of the molecule is Cc1ccc(C)c(S(=O)(=O)N2CCOC3CS(=O)(=O)CC32)c1. The molecule has 2 heterocycles. The molecule has 2 fully saturated rings. The van der Waals surface area contributed by atoms with E-state index in [0.29, 0.717) is 5.56 Å². The van der Waals surface area contributed by atoms with Crippen molar-refractivity contribution in [1.82, 2.24) is 4.31 Å². The predicted octanol–water partition coefficient (Wildman–Crippen LogP) is 0.490. The van der Waals surface area contributed by atoms with Crippen LogP contribution in [-0.2, 0) is 24.6 Å². The van der Waals surface area contributed by atoms with E-state index in [4.69, 9.17) is 4.74 Å². The zero-order chi connectivity index (χ0) is 16.1. The van der Waals surface area contributed by atoms with Gasteiger partial charge in [-0.2, -0.15) is 4.31 Å². The van der Waals surface area contributed by atoms with Crippen LogP contribution in [-0.4, -0.2) is 57.9 Å². The van der Waals surface area contributed by atoms with Gasteiger partial charge in [0, 0.05) is 6.54 Å². The van der Waals surface area contributed by atoms with Gasteiger partial charge in [-0.1, -0.05) is 12.1 Å². The molecule has 0 radical (unpaired) electrons. The summed E-state index contributed by atoms with van der Waals surface area (Å²) < 4.78 is 56.4. The highest BCUT2D eigenvalue weighted by Gasteiger charge is 2.48. The van der Waals surface area contributed by atoms with Crippen LogP contribution in [0.15, 0.2) is 23.1 Å². The van der Waals surface area contributed by atoms with E-state index in [0.717, 1.165) is 5.56 Å². The van der Waals surface area contributed by atoms with E-state index in [2.05, 4.69) is 0 Å². The van der Waals surface area contributed by atoms with Gasteiger partial charge in [0.25, 0.3) is 0 Å². The highest BCUT2D eigenvalue weighted by Crippen LogP contribution is 2.31. The molecule has 6 nitrogen and oxygen atoms in total. The van der Waals surface area contributed by atoms with Crippen molar-refractivity contribution >= 4 is 19.9 Å². The molecule has 1 aromatic rings. The number of morpholine rings is 1. The van der Waals surface area contributed by atoms with Gasteiger partial charge in [-0.05, 0) is 31.0 Å². The van der Waals surface area contributed by atoms with Crippen LogP contribution in [0.5, 0.6) is 0 Å². The van der Waals surface area contributed by atoms with Crippen molar-refractivity contribution in [3.8, 4) is 0 Å². The molecule has 0 aromatic heterocycles. The molecule has 8 heteroatoms. The van der Waals surface area contributed by atoms with Gasteiger partial charge in [0.2, 0.25) is 10.0 Å². The minimum Gasteiger partial charge on any atom is -0.374 e. The topological polar surface area (TPSA) is 80.8 Å². The van der Waals surface area contributed by atoms with E-state index in [1.807, 2.05) is 13.0 Å². The minimum atomic E-state index is -3.73. The van der Waals surface area contributed by atoms with Gasteiger partial charge in [-0.25, -0.2) is 16.8 Å². The molecule has 2 aliphatic rings. The summed E-state index contributed by atoms with van der Waals surface area (Å²) in [5.74, 6) is -0.266. The second-order valence-electron chi connectivity index (χ2n) is 5.94. The predicted molar refractivity (Wildman–Crippen MR) is 82.0 cm³/mol. The van der Waals surface area contributed by atoms with Crippen LogP contribution in [0.25, 0.3) is 0 Å². The number of ether oxygens (including phenoxy) is 1. The van der Waals surface area contributed by atoms with Gasteiger partial charge < -0.3 is 4.74 Å². The summed E-state index contributed by atoms with van der Waals surface area (Å²) in [4.78, 5) is 0.248. The molecule has 0 aliphatic carbocycles. The third-order valence-electron chi connectivity index (χ3n) is 4.22. The Morgan fingerprint density at radius 2 is 1.95 bits per heavy atom. The number of sulfonamides is 1. The summed E-state index contributed by atoms with van der Waals surface area (Å²) in [7, 11) is -6.98. The molecule has 0 spiro atoms. The zero-order valence-electron chi connectivity index (χ0n) is 12.5. The van der Waals surface area contributed by atoms with E-state index in [9.17, 15) is 16.8 Å². The molecule has 2 saturated heterocycles. The molecule has 2 unspecified atom stereocenters. The fraction of sp³-hybridized carbons (Fsp3) is 0.571. The number of aryl methyl sites for hydroxylation is 2. The first kappa shape index (κ1) is 15.9. The fourth-order valence-electron chi connectivity index (χ4n) is 3.09. The quantitative estimate of drug-likeness (QED) is 0.779. The first-order valence-electron chi connectivity index (χ1n) is 7.12. The maximum absolute atomic E-state index is 13.0. The van der Waals surface area contributed by atoms with Crippen LogP contribution in [0.3, 0.4) is 0 Å². The third kappa shape index (κ3) is 2.68. The van der Waals surface area contributed by atoms with Gasteiger partial charge in [0.05, 0.1) is 35.2 Å². The Balaban J connectivity index is 2.03. The van der Waals surface area contributed by atoms with Crippen LogP contribution in [0, 0.1) is 13.8 Å². The number of nitrogens with zero attached hydrogens (tertiary/aromatic N) is 1. The first-order valence-corrected chi connectivity index (χ1v) is 10.4. The van der Waals surface area contributed by atoms with Crippen LogP contribution in [0.2, 0.25) is 0 Å². The molecule has 0 saturated carbocycles. The van der Waals surface area contributed by atoms with Crippen molar-refractivity contribution in [2.45, 2.75) is 30.9 Å². The smallest absolute Gasteiger partial charge is 0.243 e. The van der Waals surface area contributed by atoms with Gasteiger partial charge >= 0.3 is 0 Å². The molecule has 0 amide bonds. The van der Waals surface area contributed by atoms with Gasteiger partial charge in [-0.15, -0.1) is 0 Å². The van der Waals surface area contributed by atoms with Crippen LogP contribution in [0.4, 0.5) is 0 Å². The molecule has 3 rings (SSSR count). The van der Waals surface area contributed by atoms with E-state index in [-0.39, 0.29) is 29.6 Å². The highest BCUT2D eigenvalue weighted by atomic mass is 32.2. The molecule has 122 valence electrons. The Morgan fingerprint density at radius 1 is 1.23 bits per heavy atom. The Labute approximate surface area is 131 Å². The molecular weight excluding hydrogens is 326 g/mol. The normalized spacial score (nSPS) is 28.5. The average Bonchev–Trinajstić information content (AvgIpc) is 2.74. The van der Waals surface area contributed by atoms with E-state index in [1.54, 1.807) is 19.1 Å². The summed E-state index contributed by atoms with van der Waals surface area (Å²) in [5, 5.41) is 0. The van der Waals surface area contributed by atoms with Gasteiger partial charge in [0.15, 0.2) is 9.84 Å². The number of rotatable bonds is 2. The largest absolute Gasteiger partial charge is 0.374 e. The summed E-state index contributed by atoms with van der Waals surface area (Å²) in [6, 6.07) is 4.64. The fourth-order valence-corrected chi connectivity index (χ4v) is 7.00. The van der Waals surface area contributed by atoms with Crippen LogP contribution in [0.1, 0.15) is 11.1 Å². The second kappa shape index (κ2) is 5.30. The van der Waals surface area contributed by atoms with E-state index in [1.165, 1.54) is 4.31 Å². The van der Waals surface area contributed by atoms with Crippen molar-refractivity contribution < 1.29 is 21.6 Å². The lowest BCUT2D eigenvalue weighted by atomic mass is 10.2. The average molecular weight is 345 g/mol. The first-order chi connectivity index (χ1) is 10.2. The highest BCUT2D eigenvalue weighted by molar-refractivity contribution is 7.92. The van der Waals surface area contributed by atoms with Crippen molar-refractivity contribution in [2.24, 2.45) is 0 Å². The van der Waals surface area contributed by atoms with E-state index < -0.39 is 32.0 Å². The zero-order valence-corrected chi connectivity index (χ0v) is 14.2. The molecule has 0 N–H and O–H groups in total. The number of hydrogen-bond acceptors (Lipinski definition) is 5. The molecule has 1 aromatic carbocycles. The molecule has 22 heavy (non-hydrogen) atoms. The standard InChI is InChI=1S/C14H19NO5S2/c1-10-3-4-11(2)14(7-10)22(18,19)15-5-6-20-13-9-21(16,17)8-12(13)15/h3-4,7,12-13H,5-6,8-9H2,1-2H3. The molecule has 0 bridgehead atoms.